The summed E-state index contributed by atoms with van der Waals surface area (Å²) in [5.41, 5.74) is -0.0846. The lowest BCUT2D eigenvalue weighted by Gasteiger charge is -2.39. The second kappa shape index (κ2) is 8.74. The number of phenols is 1. The molecule has 1 saturated heterocycles. The number of aliphatic hydroxyl groups is 4. The van der Waals surface area contributed by atoms with Crippen LogP contribution in [-0.2, 0) is 4.74 Å². The van der Waals surface area contributed by atoms with E-state index in [0.717, 1.165) is 6.07 Å². The maximum absolute atomic E-state index is 12.9. The van der Waals surface area contributed by atoms with E-state index >= 15 is 0 Å². The SMILES string of the molecule is O=c1cc(-c2ccc(O)cc2)oc2cc(OO)cc(OC3OC(CO)C(O)C(O)C3O)c12. The summed E-state index contributed by atoms with van der Waals surface area (Å²) in [4.78, 5) is 17.1. The predicted molar refractivity (Wildman–Crippen MR) is 107 cm³/mol. The van der Waals surface area contributed by atoms with Crippen molar-refractivity contribution in [2.45, 2.75) is 30.7 Å². The second-order valence-electron chi connectivity index (χ2n) is 7.22. The summed E-state index contributed by atoms with van der Waals surface area (Å²) in [7, 11) is 0. The van der Waals surface area contributed by atoms with Gasteiger partial charge < -0.3 is 44.3 Å². The van der Waals surface area contributed by atoms with Crippen LogP contribution in [0.5, 0.6) is 17.2 Å². The molecule has 1 aromatic heterocycles. The van der Waals surface area contributed by atoms with Gasteiger partial charge in [-0.05, 0) is 24.3 Å². The van der Waals surface area contributed by atoms with Crippen LogP contribution in [0, 0.1) is 0 Å². The van der Waals surface area contributed by atoms with Crippen LogP contribution >= 0.6 is 0 Å². The average Bonchev–Trinajstić information content (AvgIpc) is 2.79. The zero-order chi connectivity index (χ0) is 23.0. The Morgan fingerprint density at radius 3 is 2.34 bits per heavy atom. The van der Waals surface area contributed by atoms with Crippen LogP contribution in [0.3, 0.4) is 0 Å². The molecule has 1 aliphatic heterocycles. The molecule has 0 amide bonds. The Kier molecular flexibility index (Phi) is 6.02. The fraction of sp³-hybridized carbons (Fsp3) is 0.286. The van der Waals surface area contributed by atoms with Crippen LogP contribution in [-0.4, -0.2) is 68.1 Å². The summed E-state index contributed by atoms with van der Waals surface area (Å²) in [5, 5.41) is 57.9. The van der Waals surface area contributed by atoms with Crippen molar-refractivity contribution in [3.8, 4) is 28.6 Å². The van der Waals surface area contributed by atoms with Crippen molar-refractivity contribution in [2.24, 2.45) is 0 Å². The van der Waals surface area contributed by atoms with Gasteiger partial charge in [-0.3, -0.25) is 4.79 Å². The highest BCUT2D eigenvalue weighted by Gasteiger charge is 2.45. The normalized spacial score (nSPS) is 25.6. The van der Waals surface area contributed by atoms with Gasteiger partial charge in [0.1, 0.15) is 52.6 Å². The van der Waals surface area contributed by atoms with Crippen LogP contribution in [0.15, 0.2) is 51.7 Å². The topological polar surface area (TPSA) is 179 Å². The van der Waals surface area contributed by atoms with Crippen molar-refractivity contribution in [3.05, 3.63) is 52.7 Å². The highest BCUT2D eigenvalue weighted by atomic mass is 17.1. The molecule has 0 saturated carbocycles. The third-order valence-electron chi connectivity index (χ3n) is 5.12. The van der Waals surface area contributed by atoms with E-state index in [0.29, 0.717) is 5.56 Å². The number of fused-ring (bicyclic) bond motifs is 1. The van der Waals surface area contributed by atoms with Crippen LogP contribution < -0.4 is 15.1 Å². The minimum atomic E-state index is -1.72. The van der Waals surface area contributed by atoms with Gasteiger partial charge in [0, 0.05) is 23.8 Å². The highest BCUT2D eigenvalue weighted by Crippen LogP contribution is 2.34. The number of aliphatic hydroxyl groups excluding tert-OH is 4. The van der Waals surface area contributed by atoms with Crippen molar-refractivity contribution in [3.63, 3.8) is 0 Å². The first-order chi connectivity index (χ1) is 15.3. The number of aromatic hydroxyl groups is 1. The first-order valence-corrected chi connectivity index (χ1v) is 9.52. The van der Waals surface area contributed by atoms with Gasteiger partial charge in [-0.15, -0.1) is 0 Å². The number of ether oxygens (including phenoxy) is 2. The molecule has 2 heterocycles. The molecule has 0 bridgehead atoms. The number of phenolic OH excluding ortho intramolecular Hbond substituents is 1. The molecule has 11 nitrogen and oxygen atoms in total. The molecule has 0 spiro atoms. The van der Waals surface area contributed by atoms with Gasteiger partial charge in [0.25, 0.3) is 0 Å². The van der Waals surface area contributed by atoms with Crippen molar-refractivity contribution in [1.29, 1.82) is 0 Å². The largest absolute Gasteiger partial charge is 0.508 e. The van der Waals surface area contributed by atoms with E-state index in [-0.39, 0.29) is 34.0 Å². The number of rotatable bonds is 5. The lowest BCUT2D eigenvalue weighted by atomic mass is 9.99. The van der Waals surface area contributed by atoms with Crippen LogP contribution in [0.2, 0.25) is 0 Å². The van der Waals surface area contributed by atoms with E-state index < -0.39 is 42.7 Å². The summed E-state index contributed by atoms with van der Waals surface area (Å²) in [6.45, 7) is -0.663. The van der Waals surface area contributed by atoms with Gasteiger partial charge in [0.05, 0.1) is 6.61 Å². The smallest absolute Gasteiger partial charge is 0.229 e. The second-order valence-corrected chi connectivity index (χ2v) is 7.22. The fourth-order valence-corrected chi connectivity index (χ4v) is 3.43. The van der Waals surface area contributed by atoms with Gasteiger partial charge in [-0.2, -0.15) is 0 Å². The number of benzene rings is 2. The lowest BCUT2D eigenvalue weighted by molar-refractivity contribution is -0.277. The summed E-state index contributed by atoms with van der Waals surface area (Å²) >= 11 is 0. The van der Waals surface area contributed by atoms with Gasteiger partial charge in [0.15, 0.2) is 11.2 Å². The van der Waals surface area contributed by atoms with E-state index in [2.05, 4.69) is 4.89 Å². The molecule has 3 aromatic rings. The molecular formula is C21H20O11. The van der Waals surface area contributed by atoms with Crippen LogP contribution in [0.1, 0.15) is 0 Å². The molecular weight excluding hydrogens is 428 g/mol. The van der Waals surface area contributed by atoms with E-state index in [1.807, 2.05) is 0 Å². The molecule has 0 aliphatic carbocycles. The molecule has 0 radical (unpaired) electrons. The Balaban J connectivity index is 1.77. The first-order valence-electron chi connectivity index (χ1n) is 9.52. The third kappa shape index (κ3) is 4.00. The van der Waals surface area contributed by atoms with Crippen LogP contribution in [0.25, 0.3) is 22.3 Å². The molecule has 32 heavy (non-hydrogen) atoms. The molecule has 5 unspecified atom stereocenters. The van der Waals surface area contributed by atoms with Gasteiger partial charge in [-0.25, -0.2) is 5.26 Å². The maximum Gasteiger partial charge on any atom is 0.229 e. The minimum absolute atomic E-state index is 0.0306. The van der Waals surface area contributed by atoms with Crippen molar-refractivity contribution in [2.75, 3.05) is 6.61 Å². The van der Waals surface area contributed by atoms with E-state index in [1.165, 1.54) is 36.4 Å². The van der Waals surface area contributed by atoms with Gasteiger partial charge in [0.2, 0.25) is 6.29 Å². The van der Waals surface area contributed by atoms with Crippen molar-refractivity contribution < 1.29 is 49.6 Å². The predicted octanol–water partition coefficient (Wildman–Crippen LogP) is 0.196. The number of hydrogen-bond acceptors (Lipinski definition) is 11. The summed E-state index contributed by atoms with van der Waals surface area (Å²) in [6, 6.07) is 9.48. The number of hydrogen-bond donors (Lipinski definition) is 6. The minimum Gasteiger partial charge on any atom is -0.508 e. The molecule has 6 N–H and O–H groups in total. The fourth-order valence-electron chi connectivity index (χ4n) is 3.43. The molecule has 11 heteroatoms. The van der Waals surface area contributed by atoms with Gasteiger partial charge in [-0.1, -0.05) is 0 Å². The Morgan fingerprint density at radius 1 is 0.969 bits per heavy atom. The lowest BCUT2D eigenvalue weighted by Crippen LogP contribution is -2.60. The summed E-state index contributed by atoms with van der Waals surface area (Å²) in [5.74, 6) is -0.176. The van der Waals surface area contributed by atoms with E-state index in [4.69, 9.17) is 19.1 Å². The third-order valence-corrected chi connectivity index (χ3v) is 5.12. The zero-order valence-electron chi connectivity index (χ0n) is 16.4. The van der Waals surface area contributed by atoms with Crippen molar-refractivity contribution >= 4 is 11.0 Å². The van der Waals surface area contributed by atoms with Crippen molar-refractivity contribution in [1.82, 2.24) is 0 Å². The standard InChI is InChI=1S/C21H20O11/c22-8-16-18(25)19(26)20(27)21(31-16)30-15-6-11(32-28)5-14-17(15)12(24)7-13(29-14)9-1-3-10(23)4-2-9/h1-7,16,18-23,25-28H,8H2. The molecule has 1 aliphatic rings. The molecule has 1 fully saturated rings. The van der Waals surface area contributed by atoms with E-state index in [1.54, 1.807) is 0 Å². The maximum atomic E-state index is 12.9. The Morgan fingerprint density at radius 2 is 1.69 bits per heavy atom. The summed E-state index contributed by atoms with van der Waals surface area (Å²) in [6.07, 6.45) is -7.79. The Bertz CT molecular complexity index is 1150. The quantitative estimate of drug-likeness (QED) is 0.232. The van der Waals surface area contributed by atoms with Gasteiger partial charge >= 0.3 is 0 Å². The Hall–Kier alpha value is -3.19. The first kappa shape index (κ1) is 22.0. The van der Waals surface area contributed by atoms with Crippen LogP contribution in [0.4, 0.5) is 0 Å². The molecule has 2 aromatic carbocycles. The molecule has 5 atom stereocenters. The highest BCUT2D eigenvalue weighted by molar-refractivity contribution is 5.86. The van der Waals surface area contributed by atoms with E-state index in [9.17, 15) is 30.3 Å². The Labute approximate surface area is 179 Å². The summed E-state index contributed by atoms with van der Waals surface area (Å²) < 4.78 is 16.6. The molecule has 4 rings (SSSR count). The average molecular weight is 448 g/mol. The zero-order valence-corrected chi connectivity index (χ0v) is 16.4. The monoisotopic (exact) mass is 448 g/mol. The molecule has 170 valence electrons.